The van der Waals surface area contributed by atoms with Crippen LogP contribution in [0.15, 0.2) is 60.9 Å². The van der Waals surface area contributed by atoms with Gasteiger partial charge in [0.15, 0.2) is 0 Å². The van der Waals surface area contributed by atoms with Crippen molar-refractivity contribution in [3.05, 3.63) is 66.7 Å². The lowest BCUT2D eigenvalue weighted by Crippen LogP contribution is -2.16. The fraction of sp³-hybridized carbons (Fsp3) is 0.211. The molecule has 3 heterocycles. The van der Waals surface area contributed by atoms with Crippen LogP contribution in [0.5, 0.6) is 0 Å². The average molecular weight is 317 g/mol. The maximum atomic E-state index is 4.79. The van der Waals surface area contributed by atoms with Crippen LogP contribution in [0.4, 0.5) is 11.5 Å². The highest BCUT2D eigenvalue weighted by atomic mass is 15.1. The minimum absolute atomic E-state index is 0.225. The molecular weight excluding hydrogens is 298 g/mol. The molecule has 0 saturated carbocycles. The van der Waals surface area contributed by atoms with E-state index < -0.39 is 0 Å². The molecule has 0 amide bonds. The molecule has 2 N–H and O–H groups in total. The summed E-state index contributed by atoms with van der Waals surface area (Å²) in [6.07, 6.45) is 5.81. The number of rotatable bonds is 4. The van der Waals surface area contributed by atoms with Gasteiger partial charge in [-0.15, -0.1) is 0 Å². The Morgan fingerprint density at radius 2 is 1.83 bits per heavy atom. The van der Waals surface area contributed by atoms with E-state index in [0.717, 1.165) is 48.0 Å². The van der Waals surface area contributed by atoms with Crippen molar-refractivity contribution in [2.45, 2.75) is 18.9 Å². The highest BCUT2D eigenvalue weighted by Gasteiger charge is 2.20. The number of hydrogen-bond acceptors (Lipinski definition) is 5. The van der Waals surface area contributed by atoms with Crippen LogP contribution in [0.2, 0.25) is 0 Å². The summed E-state index contributed by atoms with van der Waals surface area (Å²) < 4.78 is 0. The predicted molar refractivity (Wildman–Crippen MR) is 95.0 cm³/mol. The number of anilines is 2. The zero-order valence-electron chi connectivity index (χ0n) is 13.3. The first-order chi connectivity index (χ1) is 11.9. The molecule has 1 aliphatic rings. The first-order valence-electron chi connectivity index (χ1n) is 8.23. The predicted octanol–water partition coefficient (Wildman–Crippen LogP) is 3.71. The number of nitrogens with one attached hydrogen (secondary N) is 2. The fourth-order valence-electron chi connectivity index (χ4n) is 2.93. The van der Waals surface area contributed by atoms with Gasteiger partial charge >= 0.3 is 0 Å². The van der Waals surface area contributed by atoms with E-state index in [1.807, 2.05) is 48.5 Å². The number of nitrogens with zero attached hydrogens (tertiary/aromatic N) is 3. The van der Waals surface area contributed by atoms with Crippen LogP contribution < -0.4 is 10.6 Å². The average Bonchev–Trinajstić information content (AvgIpc) is 3.18. The molecule has 4 rings (SSSR count). The maximum Gasteiger partial charge on any atom is 0.148 e. The lowest BCUT2D eigenvalue weighted by Gasteiger charge is -2.14. The normalized spacial score (nSPS) is 16.9. The minimum atomic E-state index is 0.225. The van der Waals surface area contributed by atoms with Crippen LogP contribution >= 0.6 is 0 Å². The molecule has 1 aromatic carbocycles. The summed E-state index contributed by atoms with van der Waals surface area (Å²) in [5.74, 6) is 1.66. The molecule has 24 heavy (non-hydrogen) atoms. The second-order valence-corrected chi connectivity index (χ2v) is 5.87. The number of aromatic nitrogens is 3. The van der Waals surface area contributed by atoms with Gasteiger partial charge in [-0.3, -0.25) is 4.98 Å². The van der Waals surface area contributed by atoms with E-state index in [1.54, 1.807) is 12.4 Å². The van der Waals surface area contributed by atoms with Gasteiger partial charge in [-0.1, -0.05) is 18.2 Å². The number of pyridine rings is 1. The molecule has 0 spiro atoms. The molecule has 1 aliphatic heterocycles. The SMILES string of the molecule is c1ccc(Nc2cc(-c3ccncc3)nc(C3CCCN3)n2)cc1. The zero-order valence-corrected chi connectivity index (χ0v) is 13.3. The maximum absolute atomic E-state index is 4.79. The van der Waals surface area contributed by atoms with E-state index in [2.05, 4.69) is 15.6 Å². The Morgan fingerprint density at radius 1 is 1.00 bits per heavy atom. The Bertz CT molecular complexity index is 799. The molecule has 0 bridgehead atoms. The lowest BCUT2D eigenvalue weighted by atomic mass is 10.1. The van der Waals surface area contributed by atoms with E-state index in [9.17, 15) is 0 Å². The van der Waals surface area contributed by atoms with Crippen molar-refractivity contribution in [1.82, 2.24) is 20.3 Å². The molecule has 5 nitrogen and oxygen atoms in total. The molecular formula is C19H19N5. The van der Waals surface area contributed by atoms with Crippen molar-refractivity contribution in [3.8, 4) is 11.3 Å². The van der Waals surface area contributed by atoms with Crippen molar-refractivity contribution in [2.24, 2.45) is 0 Å². The summed E-state index contributed by atoms with van der Waals surface area (Å²) in [7, 11) is 0. The third-order valence-corrected chi connectivity index (χ3v) is 4.14. The van der Waals surface area contributed by atoms with Crippen LogP contribution in [-0.4, -0.2) is 21.5 Å². The second-order valence-electron chi connectivity index (χ2n) is 5.87. The van der Waals surface area contributed by atoms with E-state index in [0.29, 0.717) is 0 Å². The van der Waals surface area contributed by atoms with Crippen molar-refractivity contribution in [3.63, 3.8) is 0 Å². The van der Waals surface area contributed by atoms with E-state index in [4.69, 9.17) is 9.97 Å². The Morgan fingerprint density at radius 3 is 2.58 bits per heavy atom. The molecule has 1 atom stereocenters. The van der Waals surface area contributed by atoms with Crippen molar-refractivity contribution < 1.29 is 0 Å². The lowest BCUT2D eigenvalue weighted by molar-refractivity contribution is 0.606. The Labute approximate surface area is 141 Å². The van der Waals surface area contributed by atoms with Gasteiger partial charge in [0, 0.05) is 29.7 Å². The zero-order chi connectivity index (χ0) is 16.2. The summed E-state index contributed by atoms with van der Waals surface area (Å²) >= 11 is 0. The van der Waals surface area contributed by atoms with Crippen molar-refractivity contribution >= 4 is 11.5 Å². The van der Waals surface area contributed by atoms with Gasteiger partial charge in [0.2, 0.25) is 0 Å². The summed E-state index contributed by atoms with van der Waals surface area (Å²) in [5, 5.41) is 6.86. The topological polar surface area (TPSA) is 62.7 Å². The third kappa shape index (κ3) is 3.26. The molecule has 1 saturated heterocycles. The largest absolute Gasteiger partial charge is 0.340 e. The summed E-state index contributed by atoms with van der Waals surface area (Å²) in [4.78, 5) is 13.6. The number of benzene rings is 1. The summed E-state index contributed by atoms with van der Waals surface area (Å²) in [6, 6.07) is 16.2. The highest BCUT2D eigenvalue weighted by molar-refractivity contribution is 5.65. The van der Waals surface area contributed by atoms with Gasteiger partial charge in [-0.2, -0.15) is 0 Å². The fourth-order valence-corrected chi connectivity index (χ4v) is 2.93. The first-order valence-corrected chi connectivity index (χ1v) is 8.23. The molecule has 0 aliphatic carbocycles. The van der Waals surface area contributed by atoms with Gasteiger partial charge < -0.3 is 10.6 Å². The monoisotopic (exact) mass is 317 g/mol. The molecule has 2 aromatic heterocycles. The van der Waals surface area contributed by atoms with Crippen LogP contribution in [0.25, 0.3) is 11.3 Å². The van der Waals surface area contributed by atoms with Crippen molar-refractivity contribution in [1.29, 1.82) is 0 Å². The molecule has 3 aromatic rings. The van der Waals surface area contributed by atoms with Gasteiger partial charge in [0.05, 0.1) is 11.7 Å². The smallest absolute Gasteiger partial charge is 0.148 e. The standard InChI is InChI=1S/C19H19N5/c1-2-5-15(6-3-1)22-18-13-17(14-8-11-20-12-9-14)23-19(24-18)16-7-4-10-21-16/h1-3,5-6,8-9,11-13,16,21H,4,7,10H2,(H,22,23,24). The van der Waals surface area contributed by atoms with E-state index >= 15 is 0 Å². The molecule has 1 unspecified atom stereocenters. The van der Waals surface area contributed by atoms with Crippen LogP contribution in [0, 0.1) is 0 Å². The van der Waals surface area contributed by atoms with E-state index in [-0.39, 0.29) is 6.04 Å². The first kappa shape index (κ1) is 14.8. The summed E-state index contributed by atoms with van der Waals surface area (Å²) in [5.41, 5.74) is 2.97. The quantitative estimate of drug-likeness (QED) is 0.768. The minimum Gasteiger partial charge on any atom is -0.340 e. The Hall–Kier alpha value is -2.79. The molecule has 5 heteroatoms. The van der Waals surface area contributed by atoms with Gasteiger partial charge in [0.1, 0.15) is 11.6 Å². The van der Waals surface area contributed by atoms with Crippen LogP contribution in [0.3, 0.4) is 0 Å². The molecule has 120 valence electrons. The Balaban J connectivity index is 1.73. The van der Waals surface area contributed by atoms with Crippen LogP contribution in [-0.2, 0) is 0 Å². The van der Waals surface area contributed by atoms with E-state index in [1.165, 1.54) is 0 Å². The Kier molecular flexibility index (Phi) is 4.16. The highest BCUT2D eigenvalue weighted by Crippen LogP contribution is 2.26. The number of para-hydroxylation sites is 1. The number of hydrogen-bond donors (Lipinski definition) is 2. The molecule has 1 fully saturated rings. The van der Waals surface area contributed by atoms with Gasteiger partial charge in [-0.25, -0.2) is 9.97 Å². The van der Waals surface area contributed by atoms with Gasteiger partial charge in [-0.05, 0) is 43.7 Å². The van der Waals surface area contributed by atoms with Crippen LogP contribution in [0.1, 0.15) is 24.7 Å². The second kappa shape index (κ2) is 6.76. The third-order valence-electron chi connectivity index (χ3n) is 4.14. The van der Waals surface area contributed by atoms with Gasteiger partial charge in [0.25, 0.3) is 0 Å². The summed E-state index contributed by atoms with van der Waals surface area (Å²) in [6.45, 7) is 1.02. The van der Waals surface area contributed by atoms with Crippen molar-refractivity contribution in [2.75, 3.05) is 11.9 Å². The molecule has 0 radical (unpaired) electrons.